The van der Waals surface area contributed by atoms with Gasteiger partial charge in [-0.15, -0.1) is 0 Å². The summed E-state index contributed by atoms with van der Waals surface area (Å²) in [6.45, 7) is 4.48. The Morgan fingerprint density at radius 3 is 2.62 bits per heavy atom. The number of halogens is 1. The van der Waals surface area contributed by atoms with Crippen LogP contribution in [0.5, 0.6) is 0 Å². The van der Waals surface area contributed by atoms with E-state index in [0.29, 0.717) is 23.5 Å². The summed E-state index contributed by atoms with van der Waals surface area (Å²) in [7, 11) is 0. The normalized spacial score (nSPS) is 10.2. The van der Waals surface area contributed by atoms with E-state index in [0.717, 1.165) is 15.7 Å². The van der Waals surface area contributed by atoms with E-state index >= 15 is 0 Å². The molecule has 0 bridgehead atoms. The van der Waals surface area contributed by atoms with Crippen LogP contribution < -0.4 is 16.4 Å². The minimum absolute atomic E-state index is 0.116. The van der Waals surface area contributed by atoms with Gasteiger partial charge in [-0.1, -0.05) is 15.9 Å². The average Bonchev–Trinajstić information content (AvgIpc) is 2.42. The maximum absolute atomic E-state index is 12.1. The second kappa shape index (κ2) is 6.63. The Balaban J connectivity index is 2.38. The van der Waals surface area contributed by atoms with Crippen molar-refractivity contribution in [1.29, 1.82) is 0 Å². The fourth-order valence-electron chi connectivity index (χ4n) is 2.03. The van der Waals surface area contributed by atoms with Crippen molar-refractivity contribution >= 4 is 38.9 Å². The van der Waals surface area contributed by atoms with Gasteiger partial charge in [0, 0.05) is 22.4 Å². The first-order valence-electron chi connectivity index (χ1n) is 6.72. The highest BCUT2D eigenvalue weighted by Crippen LogP contribution is 2.27. The zero-order valence-corrected chi connectivity index (χ0v) is 13.6. The highest BCUT2D eigenvalue weighted by Gasteiger charge is 2.12. The number of rotatable bonds is 4. The maximum Gasteiger partial charge on any atom is 0.253 e. The van der Waals surface area contributed by atoms with Gasteiger partial charge in [0.2, 0.25) is 0 Å². The Labute approximate surface area is 132 Å². The zero-order valence-electron chi connectivity index (χ0n) is 12.0. The molecule has 0 saturated heterocycles. The van der Waals surface area contributed by atoms with Gasteiger partial charge in [-0.2, -0.15) is 0 Å². The van der Waals surface area contributed by atoms with Gasteiger partial charge in [0.15, 0.2) is 0 Å². The van der Waals surface area contributed by atoms with Crippen molar-refractivity contribution in [2.75, 3.05) is 17.6 Å². The molecular weight excluding hydrogens is 330 g/mol. The molecule has 0 saturated carbocycles. The smallest absolute Gasteiger partial charge is 0.253 e. The Kier molecular flexibility index (Phi) is 4.85. The van der Waals surface area contributed by atoms with Gasteiger partial charge in [0.1, 0.15) is 0 Å². The number of nitrogen functional groups attached to an aromatic ring is 1. The molecule has 0 aliphatic carbocycles. The summed E-state index contributed by atoms with van der Waals surface area (Å²) >= 11 is 3.44. The van der Waals surface area contributed by atoms with Crippen LogP contribution >= 0.6 is 15.9 Å². The quantitative estimate of drug-likeness (QED) is 0.736. The van der Waals surface area contributed by atoms with Crippen molar-refractivity contribution in [3.8, 4) is 0 Å². The van der Waals surface area contributed by atoms with Crippen molar-refractivity contribution in [1.82, 2.24) is 5.32 Å². The third-order valence-electron chi connectivity index (χ3n) is 3.08. The minimum atomic E-state index is -0.116. The molecule has 0 fully saturated rings. The molecule has 4 N–H and O–H groups in total. The molecule has 0 unspecified atom stereocenters. The van der Waals surface area contributed by atoms with Crippen LogP contribution in [-0.2, 0) is 0 Å². The summed E-state index contributed by atoms with van der Waals surface area (Å²) in [5, 5.41) is 6.09. The topological polar surface area (TPSA) is 67.2 Å². The van der Waals surface area contributed by atoms with E-state index in [1.807, 2.05) is 32.0 Å². The molecule has 0 radical (unpaired) electrons. The van der Waals surface area contributed by atoms with Crippen LogP contribution in [0.3, 0.4) is 0 Å². The largest absolute Gasteiger partial charge is 0.399 e. The van der Waals surface area contributed by atoms with E-state index in [9.17, 15) is 4.79 Å². The summed E-state index contributed by atoms with van der Waals surface area (Å²) in [5.41, 5.74) is 9.74. The number of anilines is 3. The fraction of sp³-hybridized carbons (Fsp3) is 0.188. The van der Waals surface area contributed by atoms with Crippen molar-refractivity contribution < 1.29 is 4.79 Å². The molecule has 0 aliphatic heterocycles. The second-order valence-electron chi connectivity index (χ2n) is 4.75. The van der Waals surface area contributed by atoms with Crippen LogP contribution in [0.4, 0.5) is 17.1 Å². The van der Waals surface area contributed by atoms with Crippen LogP contribution in [0.2, 0.25) is 0 Å². The lowest BCUT2D eigenvalue weighted by atomic mass is 10.1. The van der Waals surface area contributed by atoms with E-state index in [1.165, 1.54) is 0 Å². The van der Waals surface area contributed by atoms with Crippen molar-refractivity contribution in [2.24, 2.45) is 0 Å². The Morgan fingerprint density at radius 1 is 1.19 bits per heavy atom. The molecule has 2 aromatic carbocycles. The lowest BCUT2D eigenvalue weighted by Gasteiger charge is -2.14. The molecule has 5 heteroatoms. The van der Waals surface area contributed by atoms with E-state index in [-0.39, 0.29) is 5.91 Å². The van der Waals surface area contributed by atoms with E-state index in [4.69, 9.17) is 5.73 Å². The third-order valence-corrected chi connectivity index (χ3v) is 3.58. The number of aryl methyl sites for hydroxylation is 1. The lowest BCUT2D eigenvalue weighted by Crippen LogP contribution is -2.23. The summed E-state index contributed by atoms with van der Waals surface area (Å²) in [5.74, 6) is -0.116. The first kappa shape index (κ1) is 15.4. The number of nitrogens with one attached hydrogen (secondary N) is 2. The SMILES string of the molecule is CCNC(=O)c1ccc(N)cc1Nc1ccc(Br)cc1C. The number of carbonyl (C=O) groups is 1. The molecule has 0 atom stereocenters. The molecule has 0 heterocycles. The van der Waals surface area contributed by atoms with Crippen LogP contribution in [0.15, 0.2) is 40.9 Å². The standard InChI is InChI=1S/C16H18BrN3O/c1-3-19-16(21)13-6-5-12(18)9-15(13)20-14-7-4-11(17)8-10(14)2/h4-9,20H,3,18H2,1-2H3,(H,19,21). The summed E-state index contributed by atoms with van der Waals surface area (Å²) in [6, 6.07) is 11.2. The lowest BCUT2D eigenvalue weighted by molar-refractivity contribution is 0.0956. The van der Waals surface area contributed by atoms with Gasteiger partial charge in [-0.05, 0) is 55.8 Å². The highest BCUT2D eigenvalue weighted by molar-refractivity contribution is 9.10. The average molecular weight is 348 g/mol. The molecule has 2 aromatic rings. The predicted molar refractivity (Wildman–Crippen MR) is 91.0 cm³/mol. The first-order valence-corrected chi connectivity index (χ1v) is 7.51. The summed E-state index contributed by atoms with van der Waals surface area (Å²) < 4.78 is 1.02. The first-order chi connectivity index (χ1) is 10.0. The zero-order chi connectivity index (χ0) is 15.4. The van der Waals surface area contributed by atoms with Crippen LogP contribution in [-0.4, -0.2) is 12.5 Å². The molecule has 110 valence electrons. The van der Waals surface area contributed by atoms with Gasteiger partial charge >= 0.3 is 0 Å². The maximum atomic E-state index is 12.1. The molecule has 0 aromatic heterocycles. The van der Waals surface area contributed by atoms with Crippen LogP contribution in [0.25, 0.3) is 0 Å². The van der Waals surface area contributed by atoms with Crippen LogP contribution in [0.1, 0.15) is 22.8 Å². The van der Waals surface area contributed by atoms with Gasteiger partial charge < -0.3 is 16.4 Å². The number of carbonyl (C=O) groups excluding carboxylic acids is 1. The number of amides is 1. The van der Waals surface area contributed by atoms with Gasteiger partial charge in [-0.3, -0.25) is 4.79 Å². The number of hydrogen-bond donors (Lipinski definition) is 3. The number of hydrogen-bond acceptors (Lipinski definition) is 3. The summed E-state index contributed by atoms with van der Waals surface area (Å²) in [4.78, 5) is 12.1. The molecule has 1 amide bonds. The van der Waals surface area contributed by atoms with E-state index < -0.39 is 0 Å². The van der Waals surface area contributed by atoms with Crippen molar-refractivity contribution in [3.05, 3.63) is 52.0 Å². The van der Waals surface area contributed by atoms with E-state index in [1.54, 1.807) is 18.2 Å². The third kappa shape index (κ3) is 3.76. The molecule has 2 rings (SSSR count). The highest BCUT2D eigenvalue weighted by atomic mass is 79.9. The molecule has 0 aliphatic rings. The summed E-state index contributed by atoms with van der Waals surface area (Å²) in [6.07, 6.45) is 0. The minimum Gasteiger partial charge on any atom is -0.399 e. The molecule has 0 spiro atoms. The van der Waals surface area contributed by atoms with Crippen LogP contribution in [0, 0.1) is 6.92 Å². The molecular formula is C16H18BrN3O. The Morgan fingerprint density at radius 2 is 1.95 bits per heavy atom. The van der Waals surface area contributed by atoms with Gasteiger partial charge in [0.05, 0.1) is 11.3 Å². The second-order valence-corrected chi connectivity index (χ2v) is 5.66. The van der Waals surface area contributed by atoms with Gasteiger partial charge in [-0.25, -0.2) is 0 Å². The predicted octanol–water partition coefficient (Wildman–Crippen LogP) is 3.83. The van der Waals surface area contributed by atoms with Crippen molar-refractivity contribution in [2.45, 2.75) is 13.8 Å². The fourth-order valence-corrected chi connectivity index (χ4v) is 2.51. The van der Waals surface area contributed by atoms with E-state index in [2.05, 4.69) is 26.6 Å². The Hall–Kier alpha value is -2.01. The number of benzene rings is 2. The monoisotopic (exact) mass is 347 g/mol. The van der Waals surface area contributed by atoms with Gasteiger partial charge in [0.25, 0.3) is 5.91 Å². The Bertz CT molecular complexity index is 671. The molecule has 4 nitrogen and oxygen atoms in total. The van der Waals surface area contributed by atoms with Crippen molar-refractivity contribution in [3.63, 3.8) is 0 Å². The number of nitrogens with two attached hydrogens (primary N) is 1. The molecule has 21 heavy (non-hydrogen) atoms.